The molecule has 1 fully saturated rings. The smallest absolute Gasteiger partial charge is 0.231 e. The summed E-state index contributed by atoms with van der Waals surface area (Å²) in [4.78, 5) is 13.0. The predicted molar refractivity (Wildman–Crippen MR) is 101 cm³/mol. The third-order valence-electron chi connectivity index (χ3n) is 4.81. The summed E-state index contributed by atoms with van der Waals surface area (Å²) in [6.07, 6.45) is 1.74. The molecule has 2 aromatic carbocycles. The van der Waals surface area contributed by atoms with Gasteiger partial charge in [-0.15, -0.1) is 0 Å². The van der Waals surface area contributed by atoms with E-state index in [-0.39, 0.29) is 11.9 Å². The molecular weight excluding hydrogens is 382 g/mol. The van der Waals surface area contributed by atoms with Gasteiger partial charge >= 0.3 is 0 Å². The van der Waals surface area contributed by atoms with E-state index in [0.29, 0.717) is 0 Å². The fourth-order valence-electron chi connectivity index (χ4n) is 3.15. The number of carbonyl (C=O) groups excluding carboxylic acids is 1. The van der Waals surface area contributed by atoms with Crippen LogP contribution in [0.3, 0.4) is 0 Å². The fourth-order valence-corrected chi connectivity index (χ4v) is 3.55. The van der Waals surface area contributed by atoms with Gasteiger partial charge in [0.15, 0.2) is 0 Å². The minimum absolute atomic E-state index is 0.0583. The van der Waals surface area contributed by atoms with Crippen molar-refractivity contribution in [3.63, 3.8) is 0 Å². The largest absolute Gasteiger partial charge is 0.497 e. The summed E-state index contributed by atoms with van der Waals surface area (Å²) in [5.74, 6) is 1.54. The Labute approximate surface area is 156 Å². The highest BCUT2D eigenvalue weighted by Crippen LogP contribution is 2.49. The quantitative estimate of drug-likeness (QED) is 0.778. The lowest BCUT2D eigenvalue weighted by atomic mass is 9.94. The molecule has 0 radical (unpaired) electrons. The number of nitrogens with one attached hydrogen (secondary N) is 1. The zero-order valence-electron chi connectivity index (χ0n) is 14.6. The zero-order valence-corrected chi connectivity index (χ0v) is 16.2. The Morgan fingerprint density at radius 3 is 2.52 bits per heavy atom. The Bertz CT molecular complexity index is 786. The summed E-state index contributed by atoms with van der Waals surface area (Å²) in [5, 5.41) is 3.15. The number of carbonyl (C=O) groups is 1. The van der Waals surface area contributed by atoms with Crippen LogP contribution < -0.4 is 14.8 Å². The average molecular weight is 404 g/mol. The monoisotopic (exact) mass is 403 g/mol. The van der Waals surface area contributed by atoms with E-state index < -0.39 is 5.41 Å². The summed E-state index contributed by atoms with van der Waals surface area (Å²) >= 11 is 3.49. The van der Waals surface area contributed by atoms with Gasteiger partial charge in [0.05, 0.1) is 25.7 Å². The minimum atomic E-state index is -0.413. The highest BCUT2D eigenvalue weighted by atomic mass is 79.9. The van der Waals surface area contributed by atoms with Crippen LogP contribution in [0.2, 0.25) is 0 Å². The lowest BCUT2D eigenvalue weighted by Crippen LogP contribution is -2.36. The van der Waals surface area contributed by atoms with Crippen molar-refractivity contribution in [2.45, 2.75) is 31.2 Å². The summed E-state index contributed by atoms with van der Waals surface area (Å²) < 4.78 is 11.7. The maximum absolute atomic E-state index is 13.0. The first-order valence-electron chi connectivity index (χ1n) is 8.29. The molecule has 1 N–H and O–H groups in total. The van der Waals surface area contributed by atoms with Crippen molar-refractivity contribution in [1.82, 2.24) is 5.32 Å². The van der Waals surface area contributed by atoms with E-state index in [4.69, 9.17) is 9.47 Å². The number of hydrogen-bond donors (Lipinski definition) is 1. The summed E-state index contributed by atoms with van der Waals surface area (Å²) in [7, 11) is 3.25. The van der Waals surface area contributed by atoms with Crippen molar-refractivity contribution < 1.29 is 14.3 Å². The molecule has 5 heteroatoms. The molecule has 1 unspecified atom stereocenters. The SMILES string of the molecule is COc1ccc(OC)c(C(C)NC(=O)C2(c3cccc(Br)c3)CC2)c1. The standard InChI is InChI=1S/C20H22BrNO3/c1-13(17-12-16(24-2)7-8-18(17)25-3)22-19(23)20(9-10-20)14-5-4-6-15(21)11-14/h4-8,11-13H,9-10H2,1-3H3,(H,22,23). The Hall–Kier alpha value is -2.01. The van der Waals surface area contributed by atoms with Crippen molar-refractivity contribution in [2.24, 2.45) is 0 Å². The van der Waals surface area contributed by atoms with Gasteiger partial charge in [-0.1, -0.05) is 28.1 Å². The third kappa shape index (κ3) is 3.52. The number of benzene rings is 2. The Balaban J connectivity index is 1.81. The van der Waals surface area contributed by atoms with Crippen molar-refractivity contribution in [2.75, 3.05) is 14.2 Å². The number of amides is 1. The molecule has 132 valence electrons. The molecule has 3 rings (SSSR count). The maximum Gasteiger partial charge on any atom is 0.231 e. The molecule has 0 heterocycles. The molecule has 1 aliphatic rings. The van der Waals surface area contributed by atoms with Crippen molar-refractivity contribution >= 4 is 21.8 Å². The molecule has 1 atom stereocenters. The molecule has 0 aromatic heterocycles. The van der Waals surface area contributed by atoms with E-state index in [0.717, 1.165) is 39.9 Å². The van der Waals surface area contributed by atoms with Crippen molar-refractivity contribution in [1.29, 1.82) is 0 Å². The second-order valence-corrected chi connectivity index (χ2v) is 7.31. The van der Waals surface area contributed by atoms with E-state index in [1.807, 2.05) is 49.4 Å². The van der Waals surface area contributed by atoms with E-state index in [9.17, 15) is 4.79 Å². The molecule has 1 aliphatic carbocycles. The van der Waals surface area contributed by atoms with E-state index in [1.165, 1.54) is 0 Å². The molecule has 4 nitrogen and oxygen atoms in total. The second kappa shape index (κ2) is 7.08. The first kappa shape index (κ1) is 17.8. The lowest BCUT2D eigenvalue weighted by Gasteiger charge is -2.22. The third-order valence-corrected chi connectivity index (χ3v) is 5.31. The van der Waals surface area contributed by atoms with Crippen LogP contribution in [0.4, 0.5) is 0 Å². The summed E-state index contributed by atoms with van der Waals surface area (Å²) in [6.45, 7) is 1.96. The van der Waals surface area contributed by atoms with Crippen LogP contribution in [0.5, 0.6) is 11.5 Å². The van der Waals surface area contributed by atoms with Crippen LogP contribution in [0.15, 0.2) is 46.9 Å². The Kier molecular flexibility index (Phi) is 5.04. The predicted octanol–water partition coefficient (Wildman–Crippen LogP) is 4.38. The van der Waals surface area contributed by atoms with Gasteiger partial charge in [-0.3, -0.25) is 4.79 Å². The fraction of sp³-hybridized carbons (Fsp3) is 0.350. The number of hydrogen-bond acceptors (Lipinski definition) is 3. The van der Waals surface area contributed by atoms with Gasteiger partial charge in [0.25, 0.3) is 0 Å². The van der Waals surface area contributed by atoms with Crippen LogP contribution in [0, 0.1) is 0 Å². The second-order valence-electron chi connectivity index (χ2n) is 6.40. The van der Waals surface area contributed by atoms with Gasteiger partial charge in [0.2, 0.25) is 5.91 Å². The lowest BCUT2D eigenvalue weighted by molar-refractivity contribution is -0.124. The maximum atomic E-state index is 13.0. The summed E-state index contributed by atoms with van der Waals surface area (Å²) in [5.41, 5.74) is 1.55. The van der Waals surface area contributed by atoms with Crippen molar-refractivity contribution in [3.8, 4) is 11.5 Å². The average Bonchev–Trinajstić information content (AvgIpc) is 3.43. The molecule has 1 amide bonds. The first-order valence-corrected chi connectivity index (χ1v) is 9.08. The van der Waals surface area contributed by atoms with Gasteiger partial charge < -0.3 is 14.8 Å². The van der Waals surface area contributed by atoms with Gasteiger partial charge in [-0.05, 0) is 55.7 Å². The van der Waals surface area contributed by atoms with Crippen LogP contribution in [0.1, 0.15) is 36.9 Å². The normalized spacial score (nSPS) is 16.0. The molecule has 0 spiro atoms. The molecule has 0 saturated heterocycles. The number of ether oxygens (including phenoxy) is 2. The Morgan fingerprint density at radius 2 is 1.92 bits per heavy atom. The highest BCUT2D eigenvalue weighted by molar-refractivity contribution is 9.10. The van der Waals surface area contributed by atoms with E-state index in [1.54, 1.807) is 14.2 Å². The minimum Gasteiger partial charge on any atom is -0.497 e. The van der Waals surface area contributed by atoms with Crippen LogP contribution in [-0.4, -0.2) is 20.1 Å². The van der Waals surface area contributed by atoms with Crippen LogP contribution in [0.25, 0.3) is 0 Å². The van der Waals surface area contributed by atoms with Gasteiger partial charge in [0.1, 0.15) is 11.5 Å². The molecule has 0 bridgehead atoms. The molecule has 2 aromatic rings. The van der Waals surface area contributed by atoms with Gasteiger partial charge in [0, 0.05) is 10.0 Å². The van der Waals surface area contributed by atoms with E-state index in [2.05, 4.69) is 21.2 Å². The van der Waals surface area contributed by atoms with Gasteiger partial charge in [-0.2, -0.15) is 0 Å². The molecule has 1 saturated carbocycles. The van der Waals surface area contributed by atoms with Crippen LogP contribution in [-0.2, 0) is 10.2 Å². The zero-order chi connectivity index (χ0) is 18.0. The number of methoxy groups -OCH3 is 2. The molecule has 25 heavy (non-hydrogen) atoms. The van der Waals surface area contributed by atoms with E-state index >= 15 is 0 Å². The van der Waals surface area contributed by atoms with Gasteiger partial charge in [-0.25, -0.2) is 0 Å². The van der Waals surface area contributed by atoms with Crippen molar-refractivity contribution in [3.05, 3.63) is 58.1 Å². The molecule has 0 aliphatic heterocycles. The highest BCUT2D eigenvalue weighted by Gasteiger charge is 2.51. The number of halogens is 1. The van der Waals surface area contributed by atoms with Crippen LogP contribution >= 0.6 is 15.9 Å². The topological polar surface area (TPSA) is 47.6 Å². The Morgan fingerprint density at radius 1 is 1.16 bits per heavy atom. The summed E-state index contributed by atoms with van der Waals surface area (Å²) in [6, 6.07) is 13.4. The number of rotatable bonds is 6. The molecular formula is C20H22BrNO3. The first-order chi connectivity index (χ1) is 12.0.